The molecule has 5 nitrogen and oxygen atoms in total. The first-order chi connectivity index (χ1) is 15.2. The molecule has 1 unspecified atom stereocenters. The van der Waals surface area contributed by atoms with E-state index in [4.69, 9.17) is 4.74 Å². The van der Waals surface area contributed by atoms with Crippen LogP contribution in [0.25, 0.3) is 10.2 Å². The summed E-state index contributed by atoms with van der Waals surface area (Å²) >= 11 is 5.98. The van der Waals surface area contributed by atoms with E-state index in [1.165, 1.54) is 23.5 Å². The predicted molar refractivity (Wildman–Crippen MR) is 118 cm³/mol. The molecule has 33 heavy (non-hydrogen) atoms. The van der Waals surface area contributed by atoms with Gasteiger partial charge in [0.25, 0.3) is 0 Å². The van der Waals surface area contributed by atoms with Crippen LogP contribution < -0.4 is 10.1 Å². The lowest BCUT2D eigenvalue weighted by atomic mass is 9.98. The van der Waals surface area contributed by atoms with Crippen LogP contribution in [0.15, 0.2) is 48.0 Å². The van der Waals surface area contributed by atoms with Gasteiger partial charge in [-0.3, -0.25) is 5.32 Å². The highest BCUT2D eigenvalue weighted by molar-refractivity contribution is 7.81. The van der Waals surface area contributed by atoms with Crippen molar-refractivity contribution < 1.29 is 36.2 Å². The number of thiazole rings is 1. The summed E-state index contributed by atoms with van der Waals surface area (Å²) in [6.07, 6.45) is -13.5. The van der Waals surface area contributed by atoms with E-state index >= 15 is 0 Å². The van der Waals surface area contributed by atoms with Crippen LogP contribution in [0.2, 0.25) is 0 Å². The molecule has 1 aromatic heterocycles. The minimum absolute atomic E-state index is 0.167. The number of hydrogen-bond acceptors (Lipinski definition) is 6. The van der Waals surface area contributed by atoms with Gasteiger partial charge in [0, 0.05) is 10.4 Å². The van der Waals surface area contributed by atoms with Crippen LogP contribution in [0, 0.1) is 0 Å². The van der Waals surface area contributed by atoms with E-state index in [2.05, 4.69) is 27.7 Å². The van der Waals surface area contributed by atoms with Crippen molar-refractivity contribution in [2.24, 2.45) is 0 Å². The number of carbonyl (C=O) groups is 1. The number of carbonyl (C=O) groups excluding carboxylic acids is 1. The molecule has 3 rings (SSSR count). The van der Waals surface area contributed by atoms with Gasteiger partial charge in [-0.25, -0.2) is 9.78 Å². The molecule has 0 saturated carbocycles. The summed E-state index contributed by atoms with van der Waals surface area (Å²) in [5.74, 6) is -0.490. The summed E-state index contributed by atoms with van der Waals surface area (Å²) in [5, 5.41) is 2.45. The zero-order valence-electron chi connectivity index (χ0n) is 17.3. The van der Waals surface area contributed by atoms with Crippen LogP contribution in [-0.4, -0.2) is 28.1 Å². The fraction of sp³-hybridized carbons (Fsp3) is 0.333. The van der Waals surface area contributed by atoms with E-state index in [0.29, 0.717) is 5.56 Å². The van der Waals surface area contributed by atoms with Crippen molar-refractivity contribution in [1.29, 1.82) is 0 Å². The van der Waals surface area contributed by atoms with Gasteiger partial charge in [-0.2, -0.15) is 34.6 Å². The minimum atomic E-state index is -5.09. The fourth-order valence-corrected chi connectivity index (χ4v) is 3.88. The molecule has 178 valence electrons. The first kappa shape index (κ1) is 25.0. The topological polar surface area (TPSA) is 60.5 Å². The van der Waals surface area contributed by atoms with E-state index in [9.17, 15) is 26.7 Å². The van der Waals surface area contributed by atoms with Crippen LogP contribution in [0.5, 0.6) is 5.75 Å². The Morgan fingerprint density at radius 2 is 1.79 bits per heavy atom. The standard InChI is InChI=1S/C21H19F5N2O3S2/c1-19(2,32)17(12-3-8-15-16(9-12)33-11-27-15)30-18(29)28-13-4-6-14(7-5-13)31-21(25,26)10-20(22,23)24/h3-9,11,17,32H,10H2,1-2H3,(H,28,29). The number of anilines is 1. The smallest absolute Gasteiger partial charge is 0.412 e. The molecule has 1 N–H and O–H groups in total. The summed E-state index contributed by atoms with van der Waals surface area (Å²) in [5.41, 5.74) is 3.39. The summed E-state index contributed by atoms with van der Waals surface area (Å²) in [7, 11) is 0. The Morgan fingerprint density at radius 1 is 1.12 bits per heavy atom. The second-order valence-electron chi connectivity index (χ2n) is 7.70. The molecule has 1 amide bonds. The number of halogens is 5. The molecule has 0 radical (unpaired) electrons. The molecule has 1 atom stereocenters. The van der Waals surface area contributed by atoms with E-state index in [-0.39, 0.29) is 5.69 Å². The lowest BCUT2D eigenvalue weighted by Crippen LogP contribution is -2.31. The minimum Gasteiger partial charge on any atom is -0.440 e. The Labute approximate surface area is 195 Å². The molecule has 0 saturated heterocycles. The average molecular weight is 507 g/mol. The predicted octanol–water partition coefficient (Wildman–Crippen LogP) is 7.22. The lowest BCUT2D eigenvalue weighted by molar-refractivity contribution is -0.255. The van der Waals surface area contributed by atoms with Crippen molar-refractivity contribution in [2.75, 3.05) is 5.32 Å². The number of nitrogens with one attached hydrogen (secondary N) is 1. The molecule has 0 fully saturated rings. The van der Waals surface area contributed by atoms with Crippen LogP contribution >= 0.6 is 24.0 Å². The highest BCUT2D eigenvalue weighted by Crippen LogP contribution is 2.37. The SMILES string of the molecule is CC(C)(S)C(OC(=O)Nc1ccc(OC(F)(F)CC(F)(F)F)cc1)c1ccc2ncsc2c1. The largest absolute Gasteiger partial charge is 0.440 e. The molecule has 0 spiro atoms. The number of amides is 1. The Balaban J connectivity index is 1.67. The number of hydrogen-bond donors (Lipinski definition) is 2. The number of fused-ring (bicyclic) bond motifs is 1. The molecule has 1 heterocycles. The number of aromatic nitrogens is 1. The summed E-state index contributed by atoms with van der Waals surface area (Å²) in [4.78, 5) is 16.7. The second-order valence-corrected chi connectivity index (χ2v) is 9.74. The van der Waals surface area contributed by atoms with Gasteiger partial charge >= 0.3 is 18.4 Å². The Morgan fingerprint density at radius 3 is 2.39 bits per heavy atom. The molecule has 12 heteroatoms. The molecular formula is C21H19F5N2O3S2. The van der Waals surface area contributed by atoms with E-state index in [0.717, 1.165) is 22.3 Å². The molecule has 3 aromatic rings. The van der Waals surface area contributed by atoms with Gasteiger partial charge in [0.1, 0.15) is 18.3 Å². The van der Waals surface area contributed by atoms with Crippen molar-refractivity contribution in [2.45, 2.75) is 43.4 Å². The molecule has 2 aromatic carbocycles. The third-order valence-corrected chi connectivity index (χ3v) is 5.32. The van der Waals surface area contributed by atoms with Crippen LogP contribution in [-0.2, 0) is 4.74 Å². The summed E-state index contributed by atoms with van der Waals surface area (Å²) in [6, 6.07) is 9.87. The van der Waals surface area contributed by atoms with Crippen LogP contribution in [0.3, 0.4) is 0 Å². The third-order valence-electron chi connectivity index (χ3n) is 4.30. The second kappa shape index (κ2) is 9.34. The van der Waals surface area contributed by atoms with Gasteiger partial charge in [0.15, 0.2) is 0 Å². The summed E-state index contributed by atoms with van der Waals surface area (Å²) in [6.45, 7) is 3.55. The first-order valence-corrected chi connectivity index (χ1v) is 10.8. The molecule has 0 bridgehead atoms. The van der Waals surface area contributed by atoms with Gasteiger partial charge in [0.2, 0.25) is 0 Å². The van der Waals surface area contributed by atoms with Crippen LogP contribution in [0.1, 0.15) is 31.9 Å². The summed E-state index contributed by atoms with van der Waals surface area (Å²) < 4.78 is 73.2. The molecular weight excluding hydrogens is 487 g/mol. The van der Waals surface area contributed by atoms with Gasteiger partial charge in [0.05, 0.1) is 15.7 Å². The van der Waals surface area contributed by atoms with Crippen molar-refractivity contribution in [3.05, 3.63) is 53.5 Å². The molecule has 0 aliphatic carbocycles. The number of thiol groups is 1. The number of alkyl halides is 5. The third kappa shape index (κ3) is 7.19. The van der Waals surface area contributed by atoms with E-state index < -0.39 is 41.4 Å². The lowest BCUT2D eigenvalue weighted by Gasteiger charge is -2.29. The Bertz CT molecular complexity index is 1110. The highest BCUT2D eigenvalue weighted by Gasteiger charge is 2.45. The number of ether oxygens (including phenoxy) is 2. The van der Waals surface area contributed by atoms with Crippen LogP contribution in [0.4, 0.5) is 32.4 Å². The Hall–Kier alpha value is -2.60. The number of rotatable bonds is 7. The number of benzene rings is 2. The number of nitrogens with zero attached hydrogens (tertiary/aromatic N) is 1. The quantitative estimate of drug-likeness (QED) is 0.262. The molecule has 0 aliphatic heterocycles. The van der Waals surface area contributed by atoms with Crippen molar-refractivity contribution in [3.63, 3.8) is 0 Å². The van der Waals surface area contributed by atoms with Gasteiger partial charge in [-0.15, -0.1) is 11.3 Å². The fourth-order valence-electron chi connectivity index (χ4n) is 2.96. The Kier molecular flexibility index (Phi) is 7.08. The van der Waals surface area contributed by atoms with Gasteiger partial charge in [-0.05, 0) is 55.8 Å². The normalized spacial score (nSPS) is 13.6. The maximum absolute atomic E-state index is 13.4. The highest BCUT2D eigenvalue weighted by atomic mass is 32.1. The van der Waals surface area contributed by atoms with Crippen molar-refractivity contribution in [3.8, 4) is 5.75 Å². The van der Waals surface area contributed by atoms with Gasteiger partial charge in [-0.1, -0.05) is 6.07 Å². The average Bonchev–Trinajstić information content (AvgIpc) is 3.12. The van der Waals surface area contributed by atoms with Crippen molar-refractivity contribution >= 4 is 46.0 Å². The zero-order chi connectivity index (χ0) is 24.4. The van der Waals surface area contributed by atoms with Crippen molar-refractivity contribution in [1.82, 2.24) is 4.98 Å². The van der Waals surface area contributed by atoms with E-state index in [1.807, 2.05) is 12.1 Å². The first-order valence-electron chi connectivity index (χ1n) is 9.49. The maximum Gasteiger partial charge on any atom is 0.412 e. The maximum atomic E-state index is 13.4. The zero-order valence-corrected chi connectivity index (χ0v) is 19.0. The van der Waals surface area contributed by atoms with Gasteiger partial charge < -0.3 is 9.47 Å². The molecule has 0 aliphatic rings. The van der Waals surface area contributed by atoms with E-state index in [1.54, 1.807) is 25.4 Å². The monoisotopic (exact) mass is 506 g/mol.